The highest BCUT2D eigenvalue weighted by Gasteiger charge is 2.30. The Bertz CT molecular complexity index is 1100. The van der Waals surface area contributed by atoms with Crippen LogP contribution in [0.3, 0.4) is 0 Å². The number of aryl methyl sites for hydroxylation is 1. The third-order valence-electron chi connectivity index (χ3n) is 5.05. The monoisotopic (exact) mass is 387 g/mol. The summed E-state index contributed by atoms with van der Waals surface area (Å²) in [7, 11) is 4.34. The number of anilines is 2. The molecule has 0 N–H and O–H groups in total. The molecule has 0 aliphatic carbocycles. The van der Waals surface area contributed by atoms with Gasteiger partial charge in [-0.05, 0) is 24.3 Å². The molecule has 0 bridgehead atoms. The van der Waals surface area contributed by atoms with E-state index in [1.807, 2.05) is 41.5 Å². The van der Waals surface area contributed by atoms with Gasteiger partial charge in [-0.25, -0.2) is 0 Å². The SMILES string of the molecule is CC.CC.CC.CN1c2ccccc2-c2c3c1cccc3c1ccccc1[n+]2C. The quantitative estimate of drug-likeness (QED) is 0.222. The summed E-state index contributed by atoms with van der Waals surface area (Å²) < 4.78 is 2.34. The van der Waals surface area contributed by atoms with E-state index in [4.69, 9.17) is 0 Å². The Hall–Kier alpha value is -2.87. The molecule has 2 heteroatoms. The van der Waals surface area contributed by atoms with Crippen molar-refractivity contribution in [2.45, 2.75) is 41.5 Å². The predicted octanol–water partition coefficient (Wildman–Crippen LogP) is 7.64. The second-order valence-electron chi connectivity index (χ2n) is 6.20. The van der Waals surface area contributed by atoms with Crippen molar-refractivity contribution in [3.05, 3.63) is 66.7 Å². The normalized spacial score (nSPS) is 10.7. The fourth-order valence-electron chi connectivity index (χ4n) is 3.99. The number of para-hydroxylation sites is 2. The lowest BCUT2D eigenvalue weighted by atomic mass is 9.93. The Morgan fingerprint density at radius 1 is 0.621 bits per heavy atom. The third-order valence-corrected chi connectivity index (χ3v) is 5.05. The van der Waals surface area contributed by atoms with Gasteiger partial charge in [0.15, 0.2) is 0 Å². The zero-order valence-corrected chi connectivity index (χ0v) is 19.2. The molecule has 5 rings (SSSR count). The van der Waals surface area contributed by atoms with E-state index < -0.39 is 0 Å². The van der Waals surface area contributed by atoms with Gasteiger partial charge in [0.2, 0.25) is 11.2 Å². The van der Waals surface area contributed by atoms with Crippen LogP contribution in [0.2, 0.25) is 0 Å². The molecular formula is C27H35N2+. The molecule has 29 heavy (non-hydrogen) atoms. The molecule has 0 atom stereocenters. The van der Waals surface area contributed by atoms with Crippen LogP contribution in [-0.2, 0) is 7.05 Å². The van der Waals surface area contributed by atoms with Crippen LogP contribution in [0, 0.1) is 0 Å². The Morgan fingerprint density at radius 2 is 1.17 bits per heavy atom. The minimum Gasteiger partial charge on any atom is -0.343 e. The largest absolute Gasteiger partial charge is 0.343 e. The third kappa shape index (κ3) is 3.60. The van der Waals surface area contributed by atoms with Gasteiger partial charge in [-0.1, -0.05) is 77.9 Å². The Kier molecular flexibility index (Phi) is 7.78. The molecule has 1 aliphatic rings. The second-order valence-corrected chi connectivity index (χ2v) is 6.20. The zero-order valence-electron chi connectivity index (χ0n) is 19.2. The summed E-state index contributed by atoms with van der Waals surface area (Å²) in [4.78, 5) is 2.30. The average Bonchev–Trinajstić information content (AvgIpc) is 2.82. The molecule has 0 amide bonds. The van der Waals surface area contributed by atoms with E-state index in [0.29, 0.717) is 0 Å². The molecule has 1 aliphatic heterocycles. The molecule has 3 aromatic carbocycles. The van der Waals surface area contributed by atoms with Gasteiger partial charge in [-0.15, -0.1) is 0 Å². The van der Waals surface area contributed by atoms with Gasteiger partial charge in [0.1, 0.15) is 7.05 Å². The molecule has 2 nitrogen and oxygen atoms in total. The maximum Gasteiger partial charge on any atom is 0.224 e. The number of hydrogen-bond donors (Lipinski definition) is 0. The summed E-state index contributed by atoms with van der Waals surface area (Å²) in [5.41, 5.74) is 6.41. The van der Waals surface area contributed by atoms with Gasteiger partial charge in [0, 0.05) is 18.5 Å². The number of benzene rings is 3. The van der Waals surface area contributed by atoms with Crippen molar-refractivity contribution in [2.75, 3.05) is 11.9 Å². The molecule has 0 radical (unpaired) electrons. The van der Waals surface area contributed by atoms with Crippen LogP contribution in [0.15, 0.2) is 66.7 Å². The van der Waals surface area contributed by atoms with Crippen molar-refractivity contribution >= 4 is 33.1 Å². The van der Waals surface area contributed by atoms with E-state index in [0.717, 1.165) is 0 Å². The fraction of sp³-hybridized carbons (Fsp3) is 0.296. The smallest absolute Gasteiger partial charge is 0.224 e. The van der Waals surface area contributed by atoms with Crippen molar-refractivity contribution in [2.24, 2.45) is 7.05 Å². The summed E-state index contributed by atoms with van der Waals surface area (Å²) in [6.07, 6.45) is 0. The zero-order chi connectivity index (χ0) is 21.6. The van der Waals surface area contributed by atoms with Crippen molar-refractivity contribution in [3.8, 4) is 11.3 Å². The highest BCUT2D eigenvalue weighted by atomic mass is 15.1. The minimum atomic E-state index is 1.26. The van der Waals surface area contributed by atoms with Crippen molar-refractivity contribution < 1.29 is 4.57 Å². The maximum atomic E-state index is 2.34. The van der Waals surface area contributed by atoms with Crippen LogP contribution in [0.25, 0.3) is 32.9 Å². The van der Waals surface area contributed by atoms with Gasteiger partial charge in [-0.2, -0.15) is 4.57 Å². The molecule has 0 fully saturated rings. The molecule has 0 saturated carbocycles. The predicted molar refractivity (Wildman–Crippen MR) is 130 cm³/mol. The molecule has 0 spiro atoms. The number of rotatable bonds is 0. The Balaban J connectivity index is 0.000000461. The van der Waals surface area contributed by atoms with Crippen molar-refractivity contribution in [1.82, 2.24) is 0 Å². The first-order valence-electron chi connectivity index (χ1n) is 10.9. The lowest BCUT2D eigenvalue weighted by Gasteiger charge is -2.28. The van der Waals surface area contributed by atoms with E-state index in [1.54, 1.807) is 0 Å². The van der Waals surface area contributed by atoms with Crippen LogP contribution in [-0.4, -0.2) is 7.05 Å². The van der Waals surface area contributed by atoms with Gasteiger partial charge in [0.05, 0.1) is 27.7 Å². The molecular weight excluding hydrogens is 352 g/mol. The number of hydrogen-bond acceptors (Lipinski definition) is 1. The van der Waals surface area contributed by atoms with Crippen LogP contribution < -0.4 is 9.47 Å². The Morgan fingerprint density at radius 3 is 1.90 bits per heavy atom. The van der Waals surface area contributed by atoms with Crippen LogP contribution in [0.1, 0.15) is 41.5 Å². The van der Waals surface area contributed by atoms with Crippen LogP contribution >= 0.6 is 0 Å². The second kappa shape index (κ2) is 10.1. The van der Waals surface area contributed by atoms with Crippen molar-refractivity contribution in [3.63, 3.8) is 0 Å². The van der Waals surface area contributed by atoms with Crippen LogP contribution in [0.4, 0.5) is 11.4 Å². The fourth-order valence-corrected chi connectivity index (χ4v) is 3.99. The van der Waals surface area contributed by atoms with E-state index in [2.05, 4.69) is 90.3 Å². The number of pyridine rings is 1. The highest BCUT2D eigenvalue weighted by molar-refractivity contribution is 6.17. The first-order chi connectivity index (χ1) is 14.3. The van der Waals surface area contributed by atoms with Gasteiger partial charge in [0.25, 0.3) is 0 Å². The van der Waals surface area contributed by atoms with E-state index in [1.165, 1.54) is 44.3 Å². The highest BCUT2D eigenvalue weighted by Crippen LogP contribution is 2.46. The molecule has 0 unspecified atom stereocenters. The first-order valence-corrected chi connectivity index (χ1v) is 10.9. The molecule has 0 saturated heterocycles. The van der Waals surface area contributed by atoms with Gasteiger partial charge < -0.3 is 4.90 Å². The lowest BCUT2D eigenvalue weighted by Crippen LogP contribution is -2.34. The van der Waals surface area contributed by atoms with Gasteiger partial charge in [-0.3, -0.25) is 0 Å². The van der Waals surface area contributed by atoms with Crippen LogP contribution in [0.5, 0.6) is 0 Å². The first kappa shape index (κ1) is 22.4. The summed E-state index contributed by atoms with van der Waals surface area (Å²) in [6.45, 7) is 12.0. The number of fused-ring (bicyclic) bond motifs is 4. The van der Waals surface area contributed by atoms with Crippen molar-refractivity contribution in [1.29, 1.82) is 0 Å². The standard InChI is InChI=1S/C21H17N2.3C2H6/c1-22-18-12-6-4-9-16(18)21-20-15(10-7-13-19(20)22)14-8-3-5-11-17(14)23(21)2;3*1-2/h3-13H,1-2H3;3*1-2H3/q+1;;;. The summed E-state index contributed by atoms with van der Waals surface area (Å²) in [5, 5.41) is 3.98. The summed E-state index contributed by atoms with van der Waals surface area (Å²) in [6, 6.07) is 24.0. The average molecular weight is 388 g/mol. The lowest BCUT2D eigenvalue weighted by molar-refractivity contribution is -0.632. The topological polar surface area (TPSA) is 7.12 Å². The van der Waals surface area contributed by atoms with E-state index >= 15 is 0 Å². The molecule has 2 heterocycles. The maximum absolute atomic E-state index is 2.34. The van der Waals surface area contributed by atoms with Gasteiger partial charge >= 0.3 is 0 Å². The molecule has 1 aromatic heterocycles. The van der Waals surface area contributed by atoms with E-state index in [9.17, 15) is 0 Å². The number of aromatic nitrogens is 1. The Labute approximate surface area is 176 Å². The summed E-state index contributed by atoms with van der Waals surface area (Å²) in [5.74, 6) is 0. The molecule has 152 valence electrons. The number of nitrogens with zero attached hydrogens (tertiary/aromatic N) is 2. The minimum absolute atomic E-state index is 1.26. The molecule has 4 aromatic rings. The van der Waals surface area contributed by atoms with E-state index in [-0.39, 0.29) is 0 Å². The summed E-state index contributed by atoms with van der Waals surface area (Å²) >= 11 is 0.